The summed E-state index contributed by atoms with van der Waals surface area (Å²) in [6.45, 7) is 5.06. The Hall–Kier alpha value is -3.63. The lowest BCUT2D eigenvalue weighted by atomic mass is 10.1. The van der Waals surface area contributed by atoms with Crippen LogP contribution in [0.25, 0.3) is 45.0 Å². The second-order valence-corrected chi connectivity index (χ2v) is 15.3. The number of ether oxygens (including phenoxy) is 2. The lowest BCUT2D eigenvalue weighted by Gasteiger charge is -2.16. The van der Waals surface area contributed by atoms with Gasteiger partial charge >= 0.3 is 6.61 Å². The van der Waals surface area contributed by atoms with Crippen LogP contribution in [-0.2, 0) is 11.5 Å². The summed E-state index contributed by atoms with van der Waals surface area (Å²) in [7, 11) is -1.21. The fourth-order valence-corrected chi connectivity index (χ4v) is 4.60. The molecule has 0 unspecified atom stereocenters. The number of hydrogen-bond acceptors (Lipinski definition) is 6. The quantitative estimate of drug-likeness (QED) is 0.161. The summed E-state index contributed by atoms with van der Waals surface area (Å²) in [6.07, 6.45) is 2.82. The number of imidazole rings is 1. The molecule has 0 amide bonds. The van der Waals surface area contributed by atoms with Gasteiger partial charge in [-0.25, -0.2) is 9.97 Å². The number of rotatable bonds is 9. The lowest BCUT2D eigenvalue weighted by molar-refractivity contribution is -0.0500. The molecule has 3 heterocycles. The first kappa shape index (κ1) is 24.1. The minimum atomic E-state index is -2.92. The van der Waals surface area contributed by atoms with Gasteiger partial charge in [0.05, 0.1) is 17.2 Å². The van der Waals surface area contributed by atoms with E-state index in [9.17, 15) is 8.78 Å². The number of oxazole rings is 1. The van der Waals surface area contributed by atoms with E-state index in [1.807, 2.05) is 41.0 Å². The topological polar surface area (TPSA) is 75.2 Å². The minimum absolute atomic E-state index is 0.0105. The van der Waals surface area contributed by atoms with E-state index in [2.05, 4.69) is 34.3 Å². The molecule has 3 aromatic heterocycles. The van der Waals surface area contributed by atoms with Crippen molar-refractivity contribution in [2.75, 3.05) is 6.61 Å². The second-order valence-electron chi connectivity index (χ2n) is 9.69. The van der Waals surface area contributed by atoms with Crippen molar-refractivity contribution in [1.29, 1.82) is 0 Å². The molecular formula is C26H26F2N4O3Si. The van der Waals surface area contributed by atoms with E-state index in [0.29, 0.717) is 41.7 Å². The Morgan fingerprint density at radius 1 is 0.972 bits per heavy atom. The van der Waals surface area contributed by atoms with E-state index in [0.717, 1.165) is 22.6 Å². The van der Waals surface area contributed by atoms with Crippen LogP contribution in [0.15, 0.2) is 65.3 Å². The third-order valence-electron chi connectivity index (χ3n) is 5.72. The number of nitrogens with zero attached hydrogens (tertiary/aromatic N) is 4. The van der Waals surface area contributed by atoms with Gasteiger partial charge in [-0.15, -0.1) is 0 Å². The molecule has 0 bridgehead atoms. The average molecular weight is 509 g/mol. The number of aromatic nitrogens is 4. The summed E-state index contributed by atoms with van der Waals surface area (Å²) < 4.78 is 43.8. The fourth-order valence-electron chi connectivity index (χ4n) is 3.85. The zero-order valence-corrected chi connectivity index (χ0v) is 21.2. The molecule has 36 heavy (non-hydrogen) atoms. The molecule has 0 aliphatic heterocycles. The Labute approximate surface area is 207 Å². The third kappa shape index (κ3) is 5.29. The largest absolute Gasteiger partial charge is 0.434 e. The molecule has 0 aliphatic carbocycles. The third-order valence-corrected chi connectivity index (χ3v) is 7.43. The van der Waals surface area contributed by atoms with Crippen LogP contribution in [0.3, 0.4) is 0 Å². The van der Waals surface area contributed by atoms with Gasteiger partial charge in [0.25, 0.3) is 5.89 Å². The number of benzene rings is 2. The predicted molar refractivity (Wildman–Crippen MR) is 137 cm³/mol. The molecule has 0 atom stereocenters. The molecule has 0 saturated heterocycles. The van der Waals surface area contributed by atoms with Gasteiger partial charge in [-0.2, -0.15) is 8.78 Å². The number of alkyl halides is 2. The van der Waals surface area contributed by atoms with E-state index in [1.165, 1.54) is 12.3 Å². The molecule has 2 aromatic carbocycles. The van der Waals surface area contributed by atoms with Gasteiger partial charge < -0.3 is 13.9 Å². The first-order chi connectivity index (χ1) is 17.3. The Morgan fingerprint density at radius 2 is 1.81 bits per heavy atom. The van der Waals surface area contributed by atoms with Crippen LogP contribution >= 0.6 is 0 Å². The maximum absolute atomic E-state index is 12.6. The van der Waals surface area contributed by atoms with E-state index in [1.54, 1.807) is 12.3 Å². The monoisotopic (exact) mass is 508 g/mol. The molecule has 0 radical (unpaired) electrons. The van der Waals surface area contributed by atoms with Crippen LogP contribution in [0.2, 0.25) is 25.7 Å². The average Bonchev–Trinajstić information content (AvgIpc) is 3.42. The highest BCUT2D eigenvalue weighted by atomic mass is 28.3. The van der Waals surface area contributed by atoms with Gasteiger partial charge in [0.1, 0.15) is 18.0 Å². The predicted octanol–water partition coefficient (Wildman–Crippen LogP) is 6.82. The normalized spacial score (nSPS) is 12.2. The summed E-state index contributed by atoms with van der Waals surface area (Å²) >= 11 is 0. The molecule has 10 heteroatoms. The van der Waals surface area contributed by atoms with Crippen LogP contribution in [0.4, 0.5) is 8.78 Å². The van der Waals surface area contributed by atoms with Crippen molar-refractivity contribution < 1.29 is 22.7 Å². The van der Waals surface area contributed by atoms with E-state index in [4.69, 9.17) is 14.1 Å². The standard InChI is InChI=1S/C26H26F2N4O3Si/c1-36(2,3)11-10-33-16-32-22-7-5-4-6-20(22)30-24(32)25-31-21-9-8-17(13-23(21)35-25)18-12-19(15-29-14-18)34-26(27)28/h4-9,12-15,26H,10-11,16H2,1-3H3. The van der Waals surface area contributed by atoms with Crippen LogP contribution < -0.4 is 4.74 Å². The maximum Gasteiger partial charge on any atom is 0.387 e. The Morgan fingerprint density at radius 3 is 2.61 bits per heavy atom. The van der Waals surface area contributed by atoms with Gasteiger partial charge in [-0.3, -0.25) is 9.55 Å². The smallest absolute Gasteiger partial charge is 0.387 e. The molecule has 0 saturated carbocycles. The molecule has 0 N–H and O–H groups in total. The van der Waals surface area contributed by atoms with Gasteiger partial charge in [0.2, 0.25) is 0 Å². The second kappa shape index (κ2) is 9.79. The first-order valence-electron chi connectivity index (χ1n) is 11.6. The van der Waals surface area contributed by atoms with E-state index in [-0.39, 0.29) is 5.75 Å². The SMILES string of the molecule is C[Si](C)(C)CCOCn1c(-c2nc3ccc(-c4cncc(OC(F)F)c4)cc3o2)nc2ccccc21. The fraction of sp³-hybridized carbons (Fsp3) is 0.269. The van der Waals surface area contributed by atoms with Gasteiger partial charge in [0, 0.05) is 26.4 Å². The van der Waals surface area contributed by atoms with Crippen molar-refractivity contribution in [3.63, 3.8) is 0 Å². The molecule has 0 fully saturated rings. The maximum atomic E-state index is 12.6. The van der Waals surface area contributed by atoms with Crippen molar-refractivity contribution in [1.82, 2.24) is 19.5 Å². The number of para-hydroxylation sites is 2. The van der Waals surface area contributed by atoms with Crippen LogP contribution in [0, 0.1) is 0 Å². The minimum Gasteiger partial charge on any atom is -0.434 e. The highest BCUT2D eigenvalue weighted by Gasteiger charge is 2.19. The molecule has 5 aromatic rings. The summed E-state index contributed by atoms with van der Waals surface area (Å²) in [4.78, 5) is 13.4. The molecule has 5 rings (SSSR count). The molecule has 7 nitrogen and oxygen atoms in total. The first-order valence-corrected chi connectivity index (χ1v) is 15.3. The van der Waals surface area contributed by atoms with Crippen LogP contribution in [-0.4, -0.2) is 40.8 Å². The number of pyridine rings is 1. The Bertz CT molecular complexity index is 1510. The number of hydrogen-bond donors (Lipinski definition) is 0. The highest BCUT2D eigenvalue weighted by Crippen LogP contribution is 2.31. The zero-order valence-electron chi connectivity index (χ0n) is 20.2. The summed E-state index contributed by atoms with van der Waals surface area (Å²) in [6, 6.07) is 15.9. The van der Waals surface area contributed by atoms with Crippen LogP contribution in [0.5, 0.6) is 5.75 Å². The summed E-state index contributed by atoms with van der Waals surface area (Å²) in [5.41, 5.74) is 4.31. The molecular weight excluding hydrogens is 482 g/mol. The molecule has 186 valence electrons. The van der Waals surface area contributed by atoms with Crippen LogP contribution in [0.1, 0.15) is 0 Å². The van der Waals surface area contributed by atoms with Crippen molar-refractivity contribution in [3.8, 4) is 28.6 Å². The number of fused-ring (bicyclic) bond motifs is 2. The van der Waals surface area contributed by atoms with Crippen molar-refractivity contribution in [2.24, 2.45) is 0 Å². The Balaban J connectivity index is 1.47. The molecule has 0 spiro atoms. The summed E-state index contributed by atoms with van der Waals surface area (Å²) in [5, 5.41) is 0. The van der Waals surface area contributed by atoms with Gasteiger partial charge in [-0.05, 0) is 41.9 Å². The highest BCUT2D eigenvalue weighted by molar-refractivity contribution is 6.76. The number of halogens is 2. The van der Waals surface area contributed by atoms with E-state index < -0.39 is 14.7 Å². The van der Waals surface area contributed by atoms with E-state index >= 15 is 0 Å². The Kier molecular flexibility index (Phi) is 6.55. The lowest BCUT2D eigenvalue weighted by Crippen LogP contribution is -2.22. The van der Waals surface area contributed by atoms with Gasteiger partial charge in [0.15, 0.2) is 11.4 Å². The molecule has 0 aliphatic rings. The van der Waals surface area contributed by atoms with Crippen molar-refractivity contribution in [3.05, 3.63) is 60.9 Å². The van der Waals surface area contributed by atoms with Gasteiger partial charge in [-0.1, -0.05) is 37.8 Å². The van der Waals surface area contributed by atoms with Crippen molar-refractivity contribution >= 4 is 30.2 Å². The zero-order chi connectivity index (χ0) is 25.3. The van der Waals surface area contributed by atoms with Crippen molar-refractivity contribution in [2.45, 2.75) is 39.0 Å². The summed E-state index contributed by atoms with van der Waals surface area (Å²) in [5.74, 6) is 0.944.